The summed E-state index contributed by atoms with van der Waals surface area (Å²) in [6.45, 7) is 5.36. The van der Waals surface area contributed by atoms with E-state index in [0.717, 1.165) is 35.7 Å². The van der Waals surface area contributed by atoms with Crippen molar-refractivity contribution in [1.82, 2.24) is 5.32 Å². The van der Waals surface area contributed by atoms with E-state index < -0.39 is 0 Å². The van der Waals surface area contributed by atoms with Gasteiger partial charge in [-0.3, -0.25) is 0 Å². The molecule has 2 saturated carbocycles. The molecule has 0 bridgehead atoms. The minimum Gasteiger partial charge on any atom is -0.314 e. The van der Waals surface area contributed by atoms with Crippen LogP contribution in [0, 0.1) is 24.7 Å². The molecule has 104 valence electrons. The summed E-state index contributed by atoms with van der Waals surface area (Å²) in [6.07, 6.45) is 5.45. The Balaban J connectivity index is 1.69. The summed E-state index contributed by atoms with van der Waals surface area (Å²) in [5, 5.41) is 4.63. The molecule has 0 saturated heterocycles. The standard InChI is InChI=1S/C17H24ClN/c1-3-19-17(15-8-13-7-14(13)9-15)10-12-5-4-11(2)6-16(12)18/h4-6,13-15,17,19H,3,7-10H2,1-2H3. The van der Waals surface area contributed by atoms with Gasteiger partial charge in [0.2, 0.25) is 0 Å². The fourth-order valence-corrected chi connectivity index (χ4v) is 4.12. The Hall–Kier alpha value is -0.530. The number of hydrogen-bond acceptors (Lipinski definition) is 1. The zero-order valence-electron chi connectivity index (χ0n) is 12.0. The molecule has 1 aromatic rings. The number of aryl methyl sites for hydroxylation is 1. The molecule has 2 heteroatoms. The van der Waals surface area contributed by atoms with Crippen molar-refractivity contribution in [3.05, 3.63) is 34.3 Å². The molecule has 2 aliphatic rings. The molecule has 0 amide bonds. The van der Waals surface area contributed by atoms with Crippen LogP contribution in [0.3, 0.4) is 0 Å². The van der Waals surface area contributed by atoms with E-state index in [1.54, 1.807) is 0 Å². The maximum absolute atomic E-state index is 6.39. The Labute approximate surface area is 121 Å². The van der Waals surface area contributed by atoms with Gasteiger partial charge < -0.3 is 5.32 Å². The first-order chi connectivity index (χ1) is 9.17. The molecule has 1 nitrogen and oxygen atoms in total. The summed E-state index contributed by atoms with van der Waals surface area (Å²) in [4.78, 5) is 0. The van der Waals surface area contributed by atoms with Gasteiger partial charge in [-0.05, 0) is 74.1 Å². The molecule has 0 radical (unpaired) electrons. The minimum atomic E-state index is 0.609. The van der Waals surface area contributed by atoms with E-state index in [1.165, 1.54) is 30.4 Å². The summed E-state index contributed by atoms with van der Waals surface area (Å²) in [5.41, 5.74) is 2.55. The SMILES string of the molecule is CCNC(Cc1ccc(C)cc1Cl)C1CC2CC2C1. The lowest BCUT2D eigenvalue weighted by Crippen LogP contribution is -2.37. The van der Waals surface area contributed by atoms with E-state index in [1.807, 2.05) is 0 Å². The number of rotatable bonds is 5. The van der Waals surface area contributed by atoms with Gasteiger partial charge >= 0.3 is 0 Å². The number of fused-ring (bicyclic) bond motifs is 1. The van der Waals surface area contributed by atoms with E-state index >= 15 is 0 Å². The predicted octanol–water partition coefficient (Wildman–Crippen LogP) is 4.22. The second-order valence-corrected chi connectivity index (χ2v) is 6.86. The normalized spacial score (nSPS) is 30.2. The quantitative estimate of drug-likeness (QED) is 0.850. The molecule has 1 aromatic carbocycles. The van der Waals surface area contributed by atoms with Crippen LogP contribution >= 0.6 is 11.6 Å². The Morgan fingerprint density at radius 2 is 2.00 bits per heavy atom. The number of halogens is 1. The molecule has 1 N–H and O–H groups in total. The first-order valence-corrected chi connectivity index (χ1v) is 8.03. The first kappa shape index (κ1) is 13.5. The molecule has 0 spiro atoms. The van der Waals surface area contributed by atoms with E-state index in [9.17, 15) is 0 Å². The van der Waals surface area contributed by atoms with E-state index in [0.29, 0.717) is 6.04 Å². The smallest absolute Gasteiger partial charge is 0.0441 e. The van der Waals surface area contributed by atoms with Crippen LogP contribution in [0.4, 0.5) is 0 Å². The molecule has 0 aliphatic heterocycles. The van der Waals surface area contributed by atoms with Crippen molar-refractivity contribution in [1.29, 1.82) is 0 Å². The van der Waals surface area contributed by atoms with Crippen LogP contribution < -0.4 is 5.32 Å². The third kappa shape index (κ3) is 2.98. The van der Waals surface area contributed by atoms with E-state index in [2.05, 4.69) is 37.4 Å². The highest BCUT2D eigenvalue weighted by molar-refractivity contribution is 6.31. The van der Waals surface area contributed by atoms with Crippen LogP contribution in [0.2, 0.25) is 5.02 Å². The number of nitrogens with one attached hydrogen (secondary N) is 1. The number of likely N-dealkylation sites (N-methyl/N-ethyl adjacent to an activating group) is 1. The molecule has 3 atom stereocenters. The van der Waals surface area contributed by atoms with Gasteiger partial charge in [-0.1, -0.05) is 30.7 Å². The molecule has 19 heavy (non-hydrogen) atoms. The van der Waals surface area contributed by atoms with Gasteiger partial charge in [0.25, 0.3) is 0 Å². The fraction of sp³-hybridized carbons (Fsp3) is 0.647. The third-order valence-electron chi connectivity index (χ3n) is 4.96. The minimum absolute atomic E-state index is 0.609. The molecule has 3 unspecified atom stereocenters. The molecule has 0 heterocycles. The second kappa shape index (κ2) is 5.46. The third-order valence-corrected chi connectivity index (χ3v) is 5.32. The fourth-order valence-electron chi connectivity index (χ4n) is 3.81. The summed E-state index contributed by atoms with van der Waals surface area (Å²) in [5.74, 6) is 2.97. The average Bonchev–Trinajstić information content (AvgIpc) is 2.98. The van der Waals surface area contributed by atoms with Gasteiger partial charge in [0.1, 0.15) is 0 Å². The van der Waals surface area contributed by atoms with Crippen LogP contribution in [0.5, 0.6) is 0 Å². The van der Waals surface area contributed by atoms with Gasteiger partial charge in [0.15, 0.2) is 0 Å². The Bertz CT molecular complexity index is 447. The van der Waals surface area contributed by atoms with E-state index in [4.69, 9.17) is 11.6 Å². The summed E-state index contributed by atoms with van der Waals surface area (Å²) >= 11 is 6.39. The molecular formula is C17H24ClN. The summed E-state index contributed by atoms with van der Waals surface area (Å²) in [6, 6.07) is 7.08. The molecule has 0 aromatic heterocycles. The summed E-state index contributed by atoms with van der Waals surface area (Å²) in [7, 11) is 0. The van der Waals surface area contributed by atoms with Crippen molar-refractivity contribution in [2.24, 2.45) is 17.8 Å². The molecule has 2 fully saturated rings. The zero-order valence-corrected chi connectivity index (χ0v) is 12.7. The van der Waals surface area contributed by atoms with Gasteiger partial charge in [-0.15, -0.1) is 0 Å². The maximum atomic E-state index is 6.39. The van der Waals surface area contributed by atoms with Crippen LogP contribution in [0.15, 0.2) is 18.2 Å². The highest BCUT2D eigenvalue weighted by Gasteiger charge is 2.47. The van der Waals surface area contributed by atoms with Crippen LogP contribution in [-0.2, 0) is 6.42 Å². The van der Waals surface area contributed by atoms with Gasteiger partial charge in [-0.25, -0.2) is 0 Å². The molecule has 2 aliphatic carbocycles. The van der Waals surface area contributed by atoms with Crippen LogP contribution in [-0.4, -0.2) is 12.6 Å². The predicted molar refractivity (Wildman–Crippen MR) is 81.7 cm³/mol. The van der Waals surface area contributed by atoms with Gasteiger partial charge in [0.05, 0.1) is 0 Å². The average molecular weight is 278 g/mol. The first-order valence-electron chi connectivity index (χ1n) is 7.65. The highest BCUT2D eigenvalue weighted by Crippen LogP contribution is 2.55. The monoisotopic (exact) mass is 277 g/mol. The Morgan fingerprint density at radius 3 is 2.63 bits per heavy atom. The van der Waals surface area contributed by atoms with E-state index in [-0.39, 0.29) is 0 Å². The number of hydrogen-bond donors (Lipinski definition) is 1. The van der Waals surface area contributed by atoms with Crippen molar-refractivity contribution in [2.45, 2.75) is 45.6 Å². The zero-order chi connectivity index (χ0) is 13.4. The van der Waals surface area contributed by atoms with Crippen molar-refractivity contribution < 1.29 is 0 Å². The lowest BCUT2D eigenvalue weighted by molar-refractivity contribution is 0.337. The van der Waals surface area contributed by atoms with Crippen LogP contribution in [0.1, 0.15) is 37.3 Å². The lowest BCUT2D eigenvalue weighted by atomic mass is 9.89. The van der Waals surface area contributed by atoms with Crippen LogP contribution in [0.25, 0.3) is 0 Å². The van der Waals surface area contributed by atoms with Crippen molar-refractivity contribution in [2.75, 3.05) is 6.54 Å². The van der Waals surface area contributed by atoms with Gasteiger partial charge in [0, 0.05) is 11.1 Å². The molecular weight excluding hydrogens is 254 g/mol. The Morgan fingerprint density at radius 1 is 1.26 bits per heavy atom. The topological polar surface area (TPSA) is 12.0 Å². The summed E-state index contributed by atoms with van der Waals surface area (Å²) < 4.78 is 0. The lowest BCUT2D eigenvalue weighted by Gasteiger charge is -2.26. The Kier molecular flexibility index (Phi) is 3.86. The van der Waals surface area contributed by atoms with Crippen molar-refractivity contribution in [3.8, 4) is 0 Å². The largest absolute Gasteiger partial charge is 0.314 e. The maximum Gasteiger partial charge on any atom is 0.0441 e. The van der Waals surface area contributed by atoms with Crippen molar-refractivity contribution >= 4 is 11.6 Å². The highest BCUT2D eigenvalue weighted by atomic mass is 35.5. The number of benzene rings is 1. The second-order valence-electron chi connectivity index (χ2n) is 6.45. The molecule has 3 rings (SSSR count). The van der Waals surface area contributed by atoms with Crippen molar-refractivity contribution in [3.63, 3.8) is 0 Å². The van der Waals surface area contributed by atoms with Gasteiger partial charge in [-0.2, -0.15) is 0 Å².